The predicted octanol–water partition coefficient (Wildman–Crippen LogP) is 0.974. The number of H-pyrrole nitrogens is 1. The van der Waals surface area contributed by atoms with Gasteiger partial charge in [-0.2, -0.15) is 0 Å². The number of ether oxygens (including phenoxy) is 4. The zero-order valence-corrected chi connectivity index (χ0v) is 19.6. The first-order chi connectivity index (χ1) is 16.2. The van der Waals surface area contributed by atoms with E-state index >= 15 is 0 Å². The Balaban J connectivity index is 1.28. The summed E-state index contributed by atoms with van der Waals surface area (Å²) in [6.07, 6.45) is 5.88. The standard InChI is InChI=1S/C23H33N3O8/c1-23(2)33-19-15(32-21(20(19)34-23)26-11-10-17(28)25-22(26)30)13-31-18(29)12-24-16(27)9-8-14-6-4-3-5-7-14/h10-11,14-15,19-21H,3-9,12-13H2,1-2H3,(H,24,27)(H,25,28,30)/t15-,19-,20-,21-/m1/s1. The zero-order chi connectivity index (χ0) is 24.3. The van der Waals surface area contributed by atoms with Gasteiger partial charge in [0.25, 0.3) is 5.56 Å². The highest BCUT2D eigenvalue weighted by Crippen LogP contribution is 2.42. The van der Waals surface area contributed by atoms with Crippen LogP contribution in [-0.4, -0.2) is 58.7 Å². The molecule has 1 aliphatic carbocycles. The Hall–Kier alpha value is -2.50. The van der Waals surface area contributed by atoms with Gasteiger partial charge in [0.1, 0.15) is 31.5 Å². The van der Waals surface area contributed by atoms with Crippen molar-refractivity contribution >= 4 is 11.9 Å². The van der Waals surface area contributed by atoms with Crippen molar-refractivity contribution in [2.24, 2.45) is 5.92 Å². The van der Waals surface area contributed by atoms with E-state index in [1.807, 2.05) is 0 Å². The Morgan fingerprint density at radius 1 is 1.18 bits per heavy atom. The summed E-state index contributed by atoms with van der Waals surface area (Å²) in [7, 11) is 0. The van der Waals surface area contributed by atoms with E-state index in [0.29, 0.717) is 12.3 Å². The summed E-state index contributed by atoms with van der Waals surface area (Å²) in [5.74, 6) is -1.07. The summed E-state index contributed by atoms with van der Waals surface area (Å²) in [6, 6.07) is 1.21. The fourth-order valence-corrected chi connectivity index (χ4v) is 4.94. The van der Waals surface area contributed by atoms with Crippen LogP contribution in [-0.2, 0) is 28.5 Å². The lowest BCUT2D eigenvalue weighted by molar-refractivity contribution is -0.203. The Labute approximate surface area is 197 Å². The average molecular weight is 480 g/mol. The van der Waals surface area contributed by atoms with Gasteiger partial charge in [-0.1, -0.05) is 32.1 Å². The van der Waals surface area contributed by atoms with E-state index in [1.54, 1.807) is 13.8 Å². The number of amides is 1. The summed E-state index contributed by atoms with van der Waals surface area (Å²) in [6.45, 7) is 3.12. The molecular formula is C23H33N3O8. The summed E-state index contributed by atoms with van der Waals surface area (Å²) in [4.78, 5) is 50.2. The molecule has 0 radical (unpaired) electrons. The van der Waals surface area contributed by atoms with E-state index < -0.39 is 47.5 Å². The fraction of sp³-hybridized carbons (Fsp3) is 0.739. The normalized spacial score (nSPS) is 28.4. The van der Waals surface area contributed by atoms with Crippen molar-refractivity contribution in [2.45, 2.75) is 89.1 Å². The molecule has 11 nitrogen and oxygen atoms in total. The first kappa shape index (κ1) is 24.6. The van der Waals surface area contributed by atoms with Crippen LogP contribution in [0.15, 0.2) is 21.9 Å². The van der Waals surface area contributed by atoms with Crippen LogP contribution in [0.5, 0.6) is 0 Å². The molecule has 4 rings (SSSR count). The molecule has 0 unspecified atom stereocenters. The number of nitrogens with zero attached hydrogens (tertiary/aromatic N) is 1. The number of hydrogen-bond acceptors (Lipinski definition) is 8. The molecule has 3 fully saturated rings. The molecule has 3 heterocycles. The van der Waals surface area contributed by atoms with Crippen molar-refractivity contribution in [1.82, 2.24) is 14.9 Å². The van der Waals surface area contributed by atoms with Crippen LogP contribution in [0.25, 0.3) is 0 Å². The molecule has 3 aliphatic rings. The van der Waals surface area contributed by atoms with Gasteiger partial charge in [-0.3, -0.25) is 23.9 Å². The minimum absolute atomic E-state index is 0.133. The second kappa shape index (κ2) is 10.4. The second-order valence-electron chi connectivity index (χ2n) is 9.65. The number of aromatic amines is 1. The van der Waals surface area contributed by atoms with Crippen molar-refractivity contribution in [3.8, 4) is 0 Å². The highest BCUT2D eigenvalue weighted by Gasteiger charge is 2.56. The van der Waals surface area contributed by atoms with E-state index in [2.05, 4.69) is 10.3 Å². The third-order valence-corrected chi connectivity index (χ3v) is 6.59. The van der Waals surface area contributed by atoms with Crippen LogP contribution in [0.4, 0.5) is 0 Å². The Kier molecular flexibility index (Phi) is 7.54. The summed E-state index contributed by atoms with van der Waals surface area (Å²) >= 11 is 0. The highest BCUT2D eigenvalue weighted by molar-refractivity contribution is 5.81. The number of fused-ring (bicyclic) bond motifs is 1. The summed E-state index contributed by atoms with van der Waals surface area (Å²) < 4.78 is 24.3. The number of rotatable bonds is 8. The van der Waals surface area contributed by atoms with Crippen LogP contribution in [0.3, 0.4) is 0 Å². The maximum atomic E-state index is 12.3. The Morgan fingerprint density at radius 3 is 2.65 bits per heavy atom. The molecule has 2 aliphatic heterocycles. The van der Waals surface area contributed by atoms with Gasteiger partial charge in [-0.15, -0.1) is 0 Å². The first-order valence-electron chi connectivity index (χ1n) is 12.0. The molecule has 1 aromatic heterocycles. The van der Waals surface area contributed by atoms with Gasteiger partial charge in [0.05, 0.1) is 0 Å². The molecule has 1 saturated carbocycles. The lowest BCUT2D eigenvalue weighted by atomic mass is 9.86. The van der Waals surface area contributed by atoms with Crippen molar-refractivity contribution < 1.29 is 28.5 Å². The number of nitrogens with one attached hydrogen (secondary N) is 2. The smallest absolute Gasteiger partial charge is 0.330 e. The van der Waals surface area contributed by atoms with Gasteiger partial charge in [-0.25, -0.2) is 4.79 Å². The molecule has 34 heavy (non-hydrogen) atoms. The van der Waals surface area contributed by atoms with Crippen LogP contribution < -0.4 is 16.6 Å². The third kappa shape index (κ3) is 5.94. The van der Waals surface area contributed by atoms with Crippen LogP contribution in [0.2, 0.25) is 0 Å². The van der Waals surface area contributed by atoms with Crippen molar-refractivity contribution in [1.29, 1.82) is 0 Å². The lowest BCUT2D eigenvalue weighted by Gasteiger charge is -2.24. The van der Waals surface area contributed by atoms with Gasteiger partial charge in [0.15, 0.2) is 12.0 Å². The van der Waals surface area contributed by atoms with Gasteiger partial charge in [-0.05, 0) is 26.2 Å². The van der Waals surface area contributed by atoms with E-state index in [-0.39, 0.29) is 19.1 Å². The molecule has 0 aromatic carbocycles. The lowest BCUT2D eigenvalue weighted by Crippen LogP contribution is -2.37. The Bertz CT molecular complexity index is 996. The fourth-order valence-electron chi connectivity index (χ4n) is 4.94. The van der Waals surface area contributed by atoms with E-state index in [1.165, 1.54) is 48.9 Å². The SMILES string of the molecule is CC1(C)O[C@@H]2[C@H](O1)[C@@H](COC(=O)CNC(=O)CCC1CCCCC1)O[C@H]2n1ccc(=O)[nH]c1=O. The van der Waals surface area contributed by atoms with Crippen LogP contribution >= 0.6 is 0 Å². The first-order valence-corrected chi connectivity index (χ1v) is 12.0. The topological polar surface area (TPSA) is 138 Å². The average Bonchev–Trinajstić information content (AvgIpc) is 3.28. The van der Waals surface area contributed by atoms with Crippen molar-refractivity contribution in [2.75, 3.05) is 13.2 Å². The number of carbonyl (C=O) groups excluding carboxylic acids is 2. The minimum Gasteiger partial charge on any atom is -0.461 e. The number of carbonyl (C=O) groups is 2. The van der Waals surface area contributed by atoms with Crippen molar-refractivity contribution in [3.63, 3.8) is 0 Å². The highest BCUT2D eigenvalue weighted by atomic mass is 16.8. The van der Waals surface area contributed by atoms with Crippen molar-refractivity contribution in [3.05, 3.63) is 33.1 Å². The molecular weight excluding hydrogens is 446 g/mol. The number of aromatic nitrogens is 2. The van der Waals surface area contributed by atoms with E-state index in [0.717, 1.165) is 6.42 Å². The maximum Gasteiger partial charge on any atom is 0.330 e. The maximum absolute atomic E-state index is 12.3. The number of hydrogen-bond donors (Lipinski definition) is 2. The third-order valence-electron chi connectivity index (χ3n) is 6.59. The molecule has 188 valence electrons. The monoisotopic (exact) mass is 479 g/mol. The molecule has 0 bridgehead atoms. The van der Waals surface area contributed by atoms with E-state index in [9.17, 15) is 19.2 Å². The van der Waals surface area contributed by atoms with Crippen LogP contribution in [0, 0.1) is 5.92 Å². The zero-order valence-electron chi connectivity index (χ0n) is 19.6. The second-order valence-corrected chi connectivity index (χ2v) is 9.65. The van der Waals surface area contributed by atoms with Gasteiger partial charge in [0, 0.05) is 18.7 Å². The van der Waals surface area contributed by atoms with Gasteiger partial charge in [0.2, 0.25) is 5.91 Å². The summed E-state index contributed by atoms with van der Waals surface area (Å²) in [5, 5.41) is 2.61. The molecule has 11 heteroatoms. The Morgan fingerprint density at radius 2 is 1.91 bits per heavy atom. The predicted molar refractivity (Wildman–Crippen MR) is 119 cm³/mol. The van der Waals surface area contributed by atoms with Gasteiger partial charge < -0.3 is 24.3 Å². The molecule has 0 spiro atoms. The quantitative estimate of drug-likeness (QED) is 0.526. The van der Waals surface area contributed by atoms with Crippen LogP contribution in [0.1, 0.15) is 65.0 Å². The molecule has 1 amide bonds. The largest absolute Gasteiger partial charge is 0.461 e. The van der Waals surface area contributed by atoms with Gasteiger partial charge >= 0.3 is 11.7 Å². The molecule has 2 saturated heterocycles. The molecule has 1 aromatic rings. The number of esters is 1. The molecule has 2 N–H and O–H groups in total. The molecule has 4 atom stereocenters. The van der Waals surface area contributed by atoms with E-state index in [4.69, 9.17) is 18.9 Å². The minimum atomic E-state index is -0.919. The summed E-state index contributed by atoms with van der Waals surface area (Å²) in [5.41, 5.74) is -1.16.